The summed E-state index contributed by atoms with van der Waals surface area (Å²) in [5, 5.41) is 23.5. The number of carbonyl (C=O) groups excluding carboxylic acids is 5. The molecule has 256 valence electrons. The number of ketones is 2. The van der Waals surface area contributed by atoms with Crippen molar-refractivity contribution in [3.05, 3.63) is 71.8 Å². The van der Waals surface area contributed by atoms with Crippen LogP contribution in [0.2, 0.25) is 0 Å². The highest BCUT2D eigenvalue weighted by Crippen LogP contribution is 2.22. The van der Waals surface area contributed by atoms with Crippen molar-refractivity contribution in [1.82, 2.24) is 10.6 Å². The predicted octanol–water partition coefficient (Wildman–Crippen LogP) is 5.30. The monoisotopic (exact) mass is 644 g/mol. The molecule has 11 heteroatoms. The number of nitrogens with one attached hydrogen (secondary N) is 2. The zero-order valence-corrected chi connectivity index (χ0v) is 27.6. The Balaban J connectivity index is 0.000000661. The number of carbonyl (C=O) groups is 5. The largest absolute Gasteiger partial charge is 0.445 e. The van der Waals surface area contributed by atoms with Crippen molar-refractivity contribution in [2.75, 3.05) is 13.1 Å². The van der Waals surface area contributed by atoms with Gasteiger partial charge in [0.15, 0.2) is 0 Å². The van der Waals surface area contributed by atoms with Crippen molar-refractivity contribution < 1.29 is 43.7 Å². The van der Waals surface area contributed by atoms with Crippen LogP contribution in [0.4, 0.5) is 9.59 Å². The smallest absolute Gasteiger partial charge is 0.407 e. The van der Waals surface area contributed by atoms with E-state index in [9.17, 15) is 29.1 Å². The number of alkyl carbamates (subject to hydrolysis) is 2. The minimum Gasteiger partial charge on any atom is -0.445 e. The summed E-state index contributed by atoms with van der Waals surface area (Å²) in [6.45, 7) is 7.74. The van der Waals surface area contributed by atoms with E-state index < -0.39 is 18.3 Å². The number of Topliss-reactive ketones (excluding diaryl/α,β-unsaturated/α-hetero) is 2. The molecule has 3 atom stereocenters. The SMILES string of the molecule is CC(=O)C[C@H](O)CCNC(=O)OCc1ccccc1.CC(C)=O.C[C@H]1CCC[C@@H](O)C1.O=CCCNC(=O)OCc1ccccc1. The van der Waals surface area contributed by atoms with Gasteiger partial charge in [-0.25, -0.2) is 9.59 Å². The van der Waals surface area contributed by atoms with Crippen LogP contribution in [-0.4, -0.2) is 65.5 Å². The molecule has 0 bridgehead atoms. The van der Waals surface area contributed by atoms with E-state index in [1.54, 1.807) is 0 Å². The molecule has 1 aliphatic carbocycles. The summed E-state index contributed by atoms with van der Waals surface area (Å²) in [7, 11) is 0. The fourth-order valence-electron chi connectivity index (χ4n) is 3.96. The minimum absolute atomic E-state index is 0.0127. The maximum Gasteiger partial charge on any atom is 0.407 e. The Labute approximate surface area is 273 Å². The van der Waals surface area contributed by atoms with Crippen molar-refractivity contribution in [2.45, 2.75) is 98.1 Å². The first-order chi connectivity index (χ1) is 21.9. The lowest BCUT2D eigenvalue weighted by Crippen LogP contribution is -2.28. The zero-order chi connectivity index (χ0) is 34.6. The van der Waals surface area contributed by atoms with Crippen LogP contribution < -0.4 is 10.6 Å². The van der Waals surface area contributed by atoms with Gasteiger partial charge in [-0.1, -0.05) is 80.4 Å². The van der Waals surface area contributed by atoms with Crippen LogP contribution in [0.1, 0.15) is 83.8 Å². The van der Waals surface area contributed by atoms with Crippen LogP contribution >= 0.6 is 0 Å². The number of ether oxygens (including phenoxy) is 2. The molecule has 1 fully saturated rings. The molecule has 1 saturated carbocycles. The summed E-state index contributed by atoms with van der Waals surface area (Å²) >= 11 is 0. The Morgan fingerprint density at radius 2 is 1.33 bits per heavy atom. The average molecular weight is 645 g/mol. The average Bonchev–Trinajstić information content (AvgIpc) is 3.00. The number of benzene rings is 2. The third-order valence-electron chi connectivity index (χ3n) is 6.14. The summed E-state index contributed by atoms with van der Waals surface area (Å²) < 4.78 is 9.90. The lowest BCUT2D eigenvalue weighted by molar-refractivity contribution is -0.119. The third kappa shape index (κ3) is 27.5. The Morgan fingerprint density at radius 1 is 0.848 bits per heavy atom. The van der Waals surface area contributed by atoms with Gasteiger partial charge < -0.3 is 39.9 Å². The fourth-order valence-corrected chi connectivity index (χ4v) is 3.96. The standard InChI is InChI=1S/C14H19NO4.C11H13NO3.C7H14O.C3H6O/c1-11(16)9-13(17)7-8-15-14(18)19-10-12-5-3-2-4-6-12;13-8-4-7-12-11(14)15-9-10-5-2-1-3-6-10;1-6-3-2-4-7(8)5-6;1-3(2)4/h2-6,13,17H,7-10H2,1H3,(H,15,18);1-3,5-6,8H,4,7,9H2,(H,12,14);6-8H,2-5H2,1H3;1-2H3/t13-;;6-,7+;/m1.0./s1. The number of aliphatic hydroxyl groups excluding tert-OH is 2. The molecule has 0 unspecified atom stereocenters. The summed E-state index contributed by atoms with van der Waals surface area (Å²) in [6.07, 6.45) is 4.37. The van der Waals surface area contributed by atoms with Crippen molar-refractivity contribution in [2.24, 2.45) is 5.92 Å². The van der Waals surface area contributed by atoms with E-state index in [0.717, 1.165) is 36.2 Å². The van der Waals surface area contributed by atoms with Gasteiger partial charge in [0.25, 0.3) is 0 Å². The van der Waals surface area contributed by atoms with Crippen LogP contribution in [0.5, 0.6) is 0 Å². The normalized spacial score (nSPS) is 15.3. The van der Waals surface area contributed by atoms with Gasteiger partial charge >= 0.3 is 12.2 Å². The fraction of sp³-hybridized carbons (Fsp3) is 0.514. The number of rotatable bonds is 12. The first-order valence-corrected chi connectivity index (χ1v) is 15.6. The Kier molecular flexibility index (Phi) is 24.8. The van der Waals surface area contributed by atoms with Gasteiger partial charge in [-0.15, -0.1) is 0 Å². The number of aliphatic hydroxyl groups is 2. The summed E-state index contributed by atoms with van der Waals surface area (Å²) in [4.78, 5) is 52.5. The van der Waals surface area contributed by atoms with E-state index in [4.69, 9.17) is 14.6 Å². The van der Waals surface area contributed by atoms with Crippen molar-refractivity contribution in [3.63, 3.8) is 0 Å². The van der Waals surface area contributed by atoms with Gasteiger partial charge in [0.05, 0.1) is 12.2 Å². The number of amides is 2. The van der Waals surface area contributed by atoms with E-state index in [2.05, 4.69) is 17.6 Å². The van der Waals surface area contributed by atoms with Crippen LogP contribution in [0.15, 0.2) is 60.7 Å². The third-order valence-corrected chi connectivity index (χ3v) is 6.14. The molecule has 1 aliphatic rings. The molecule has 2 aromatic rings. The molecule has 3 rings (SSSR count). The second kappa shape index (κ2) is 27.2. The van der Waals surface area contributed by atoms with Gasteiger partial charge in [0.2, 0.25) is 0 Å². The maximum atomic E-state index is 11.3. The second-order valence-corrected chi connectivity index (χ2v) is 11.1. The Hall–Kier alpha value is -4.09. The van der Waals surface area contributed by atoms with Gasteiger partial charge in [-0.05, 0) is 57.1 Å². The lowest BCUT2D eigenvalue weighted by atomic mass is 9.89. The summed E-state index contributed by atoms with van der Waals surface area (Å²) in [6, 6.07) is 18.8. The number of hydrogen-bond acceptors (Lipinski definition) is 9. The maximum absolute atomic E-state index is 11.3. The minimum atomic E-state index is -0.716. The highest BCUT2D eigenvalue weighted by atomic mass is 16.6. The highest BCUT2D eigenvalue weighted by molar-refractivity contribution is 5.76. The van der Waals surface area contributed by atoms with Gasteiger partial charge in [0.1, 0.15) is 31.1 Å². The van der Waals surface area contributed by atoms with Crippen LogP contribution in [-0.2, 0) is 37.1 Å². The second-order valence-electron chi connectivity index (χ2n) is 11.1. The number of hydrogen-bond donors (Lipinski definition) is 4. The number of aldehydes is 1. The van der Waals surface area contributed by atoms with Crippen LogP contribution in [0, 0.1) is 5.92 Å². The van der Waals surface area contributed by atoms with Crippen molar-refractivity contribution >= 4 is 30.0 Å². The molecule has 0 aromatic heterocycles. The van der Waals surface area contributed by atoms with E-state index in [1.165, 1.54) is 33.6 Å². The predicted molar refractivity (Wildman–Crippen MR) is 176 cm³/mol. The topological polar surface area (TPSA) is 168 Å². The highest BCUT2D eigenvalue weighted by Gasteiger charge is 2.15. The van der Waals surface area contributed by atoms with E-state index in [-0.39, 0.29) is 43.8 Å². The van der Waals surface area contributed by atoms with Crippen LogP contribution in [0.3, 0.4) is 0 Å². The molecule has 0 heterocycles. The molecule has 0 spiro atoms. The van der Waals surface area contributed by atoms with E-state index in [0.29, 0.717) is 19.4 Å². The molecule has 0 radical (unpaired) electrons. The molecule has 2 amide bonds. The van der Waals surface area contributed by atoms with Crippen molar-refractivity contribution in [3.8, 4) is 0 Å². The molecule has 0 saturated heterocycles. The Morgan fingerprint density at radius 3 is 1.72 bits per heavy atom. The molecule has 0 aliphatic heterocycles. The first kappa shape index (κ1) is 41.9. The van der Waals surface area contributed by atoms with E-state index in [1.807, 2.05) is 60.7 Å². The molecule has 2 aromatic carbocycles. The molecule has 11 nitrogen and oxygen atoms in total. The van der Waals surface area contributed by atoms with Crippen LogP contribution in [0.25, 0.3) is 0 Å². The molecular formula is C35H52N2O9. The molecule has 4 N–H and O–H groups in total. The molecule has 46 heavy (non-hydrogen) atoms. The lowest BCUT2D eigenvalue weighted by Gasteiger charge is -2.21. The summed E-state index contributed by atoms with van der Waals surface area (Å²) in [5.41, 5.74) is 1.84. The first-order valence-electron chi connectivity index (χ1n) is 15.6. The summed E-state index contributed by atoms with van der Waals surface area (Å²) in [5.74, 6) is 0.859. The van der Waals surface area contributed by atoms with E-state index >= 15 is 0 Å². The molecular weight excluding hydrogens is 592 g/mol. The van der Waals surface area contributed by atoms with Gasteiger partial charge in [-0.3, -0.25) is 4.79 Å². The van der Waals surface area contributed by atoms with Gasteiger partial charge in [0, 0.05) is 25.9 Å². The van der Waals surface area contributed by atoms with Crippen molar-refractivity contribution in [1.29, 1.82) is 0 Å². The zero-order valence-electron chi connectivity index (χ0n) is 27.6. The quantitative estimate of drug-likeness (QED) is 0.177. The van der Waals surface area contributed by atoms with Gasteiger partial charge in [-0.2, -0.15) is 0 Å². The Bertz CT molecular complexity index is 1100.